The number of hydrogen-bond donors (Lipinski definition) is 3. The van der Waals surface area contributed by atoms with E-state index in [1.54, 1.807) is 5.32 Å². The molecule has 0 fully saturated rings. The zero-order valence-electron chi connectivity index (χ0n) is 15.1. The molecule has 0 atom stereocenters. The number of alkyl halides is 6. The highest BCUT2D eigenvalue weighted by Crippen LogP contribution is 2.39. The second-order valence-corrected chi connectivity index (χ2v) is 6.15. The monoisotopic (exact) mass is 446 g/mol. The van der Waals surface area contributed by atoms with Crippen molar-refractivity contribution in [2.45, 2.75) is 12.5 Å². The molecule has 3 rings (SSSR count). The number of benzene rings is 2. The lowest BCUT2D eigenvalue weighted by Gasteiger charge is -2.11. The smallest absolute Gasteiger partial charge is 0.494 e. The van der Waals surface area contributed by atoms with E-state index in [1.807, 2.05) is 0 Å². The van der Waals surface area contributed by atoms with Crippen LogP contribution >= 0.6 is 0 Å². The van der Waals surface area contributed by atoms with E-state index in [0.29, 0.717) is 0 Å². The number of nitrogens with zero attached hydrogens (tertiary/aromatic N) is 1. The molecule has 0 aliphatic rings. The van der Waals surface area contributed by atoms with E-state index in [2.05, 4.69) is 4.74 Å². The summed E-state index contributed by atoms with van der Waals surface area (Å²) >= 11 is 0. The fraction of sp³-hybridized carbons (Fsp3) is 0.105. The highest BCUT2D eigenvalue weighted by molar-refractivity contribution is 5.95. The van der Waals surface area contributed by atoms with Gasteiger partial charge in [-0.2, -0.15) is 13.2 Å². The zero-order valence-corrected chi connectivity index (χ0v) is 15.1. The molecule has 1 aromatic heterocycles. The van der Waals surface area contributed by atoms with Crippen molar-refractivity contribution in [3.63, 3.8) is 0 Å². The standard InChI is InChI=1S/C19H12F6N2O4/c20-18(21,22)17(30)26-11-3-1-10(2-4-11)14-9-15(28)27(16(14)29)12-5-7-13(8-6-12)31-19(23,24)25/h1-9,28-29H,(H,26,30). The normalized spacial score (nSPS) is 11.9. The van der Waals surface area contributed by atoms with Crippen molar-refractivity contribution in [2.24, 2.45) is 0 Å². The summed E-state index contributed by atoms with van der Waals surface area (Å²) in [6.45, 7) is 0. The molecule has 0 saturated carbocycles. The molecule has 164 valence electrons. The van der Waals surface area contributed by atoms with Crippen LogP contribution in [0.5, 0.6) is 17.5 Å². The number of carbonyl (C=O) groups is 1. The van der Waals surface area contributed by atoms with Gasteiger partial charge < -0.3 is 20.3 Å². The molecule has 0 bridgehead atoms. The minimum absolute atomic E-state index is 0.0850. The average molecular weight is 446 g/mol. The Kier molecular flexibility index (Phi) is 5.49. The predicted molar refractivity (Wildman–Crippen MR) is 95.9 cm³/mol. The van der Waals surface area contributed by atoms with Crippen LogP contribution < -0.4 is 10.1 Å². The average Bonchev–Trinajstić information content (AvgIpc) is 2.95. The molecule has 1 heterocycles. The fourth-order valence-electron chi connectivity index (χ4n) is 2.69. The first-order valence-corrected chi connectivity index (χ1v) is 8.33. The summed E-state index contributed by atoms with van der Waals surface area (Å²) in [5.74, 6) is -3.58. The third-order valence-corrected chi connectivity index (χ3v) is 3.99. The number of carbonyl (C=O) groups excluding carboxylic acids is 1. The second-order valence-electron chi connectivity index (χ2n) is 6.15. The van der Waals surface area contributed by atoms with Crippen molar-refractivity contribution in [2.75, 3.05) is 5.32 Å². The Morgan fingerprint density at radius 2 is 1.48 bits per heavy atom. The SMILES string of the molecule is O=C(Nc1ccc(-c2cc(O)n(-c3ccc(OC(F)(F)F)cc3)c2O)cc1)C(F)(F)F. The predicted octanol–water partition coefficient (Wildman–Crippen LogP) is 4.95. The van der Waals surface area contributed by atoms with Gasteiger partial charge in [0.15, 0.2) is 5.88 Å². The molecule has 0 aliphatic carbocycles. The van der Waals surface area contributed by atoms with Crippen LogP contribution in [-0.4, -0.2) is 33.2 Å². The molecule has 2 aromatic carbocycles. The molecule has 31 heavy (non-hydrogen) atoms. The Morgan fingerprint density at radius 1 is 0.903 bits per heavy atom. The molecule has 0 saturated heterocycles. The fourth-order valence-corrected chi connectivity index (χ4v) is 2.69. The van der Waals surface area contributed by atoms with Crippen LogP contribution in [0.4, 0.5) is 32.0 Å². The first-order valence-electron chi connectivity index (χ1n) is 8.33. The number of anilines is 1. The highest BCUT2D eigenvalue weighted by atomic mass is 19.4. The maximum Gasteiger partial charge on any atom is 0.573 e. The maximum atomic E-state index is 12.3. The second kappa shape index (κ2) is 7.78. The summed E-state index contributed by atoms with van der Waals surface area (Å²) in [6.07, 6.45) is -9.93. The third-order valence-electron chi connectivity index (χ3n) is 3.99. The summed E-state index contributed by atoms with van der Waals surface area (Å²) in [6, 6.07) is 10.4. The number of halogens is 6. The summed E-state index contributed by atoms with van der Waals surface area (Å²) in [5, 5.41) is 22.3. The van der Waals surface area contributed by atoms with Crippen LogP contribution in [0.1, 0.15) is 0 Å². The van der Waals surface area contributed by atoms with Gasteiger partial charge in [0.2, 0.25) is 5.88 Å². The van der Waals surface area contributed by atoms with Crippen molar-refractivity contribution < 1.29 is 46.1 Å². The molecule has 6 nitrogen and oxygen atoms in total. The first-order chi connectivity index (χ1) is 14.3. The van der Waals surface area contributed by atoms with Gasteiger partial charge in [-0.05, 0) is 42.0 Å². The quantitative estimate of drug-likeness (QED) is 0.495. The molecule has 0 aliphatic heterocycles. The molecular weight excluding hydrogens is 434 g/mol. The van der Waals surface area contributed by atoms with Crippen LogP contribution in [-0.2, 0) is 4.79 Å². The van der Waals surface area contributed by atoms with Gasteiger partial charge in [-0.15, -0.1) is 13.2 Å². The minimum Gasteiger partial charge on any atom is -0.494 e. The van der Waals surface area contributed by atoms with Gasteiger partial charge in [0, 0.05) is 17.3 Å². The minimum atomic E-state index is -5.05. The summed E-state index contributed by atoms with van der Waals surface area (Å²) in [4.78, 5) is 11.0. The van der Waals surface area contributed by atoms with Gasteiger partial charge in [-0.25, -0.2) is 0 Å². The topological polar surface area (TPSA) is 83.7 Å². The molecule has 3 N–H and O–H groups in total. The summed E-state index contributed by atoms with van der Waals surface area (Å²) in [7, 11) is 0. The van der Waals surface area contributed by atoms with E-state index in [4.69, 9.17) is 0 Å². The Balaban J connectivity index is 1.85. The molecule has 12 heteroatoms. The van der Waals surface area contributed by atoms with Crippen molar-refractivity contribution in [3.8, 4) is 34.3 Å². The van der Waals surface area contributed by atoms with Gasteiger partial charge in [0.1, 0.15) is 5.75 Å². The number of rotatable bonds is 4. The zero-order chi connectivity index (χ0) is 23.0. The lowest BCUT2D eigenvalue weighted by Crippen LogP contribution is -2.29. The lowest BCUT2D eigenvalue weighted by molar-refractivity contribution is -0.274. The van der Waals surface area contributed by atoms with E-state index < -0.39 is 36.0 Å². The largest absolute Gasteiger partial charge is 0.573 e. The number of amides is 1. The summed E-state index contributed by atoms with van der Waals surface area (Å²) in [5.41, 5.74) is 0.342. The number of nitrogens with one attached hydrogen (secondary N) is 1. The van der Waals surface area contributed by atoms with Crippen LogP contribution in [0, 0.1) is 0 Å². The third kappa shape index (κ3) is 5.02. The van der Waals surface area contributed by atoms with Gasteiger partial charge in [-0.1, -0.05) is 12.1 Å². The van der Waals surface area contributed by atoms with E-state index in [1.165, 1.54) is 24.3 Å². The van der Waals surface area contributed by atoms with Crippen LogP contribution in [0.3, 0.4) is 0 Å². The maximum absolute atomic E-state index is 12.3. The van der Waals surface area contributed by atoms with E-state index in [-0.39, 0.29) is 22.5 Å². The number of aromatic hydroxyl groups is 2. The lowest BCUT2D eigenvalue weighted by atomic mass is 10.1. The van der Waals surface area contributed by atoms with Crippen LogP contribution in [0.15, 0.2) is 54.6 Å². The number of aromatic nitrogens is 1. The van der Waals surface area contributed by atoms with Crippen LogP contribution in [0.25, 0.3) is 16.8 Å². The van der Waals surface area contributed by atoms with Crippen molar-refractivity contribution >= 4 is 11.6 Å². The Morgan fingerprint density at radius 3 is 2.00 bits per heavy atom. The van der Waals surface area contributed by atoms with E-state index in [0.717, 1.165) is 34.9 Å². The van der Waals surface area contributed by atoms with Gasteiger partial charge in [0.25, 0.3) is 0 Å². The molecule has 0 unspecified atom stereocenters. The van der Waals surface area contributed by atoms with Crippen molar-refractivity contribution in [1.29, 1.82) is 0 Å². The van der Waals surface area contributed by atoms with Gasteiger partial charge >= 0.3 is 18.4 Å². The van der Waals surface area contributed by atoms with Crippen molar-refractivity contribution in [1.82, 2.24) is 4.57 Å². The summed E-state index contributed by atoms with van der Waals surface area (Å²) < 4.78 is 78.4. The van der Waals surface area contributed by atoms with E-state index >= 15 is 0 Å². The van der Waals surface area contributed by atoms with Gasteiger partial charge in [-0.3, -0.25) is 9.36 Å². The van der Waals surface area contributed by atoms with E-state index in [9.17, 15) is 41.4 Å². The Hall–Kier alpha value is -3.83. The number of hydrogen-bond acceptors (Lipinski definition) is 4. The molecule has 3 aromatic rings. The molecular formula is C19H12F6N2O4. The Bertz CT molecular complexity index is 1090. The molecule has 0 spiro atoms. The van der Waals surface area contributed by atoms with Gasteiger partial charge in [0.05, 0.1) is 5.69 Å². The molecule has 1 amide bonds. The number of ether oxygens (including phenoxy) is 1. The first kappa shape index (κ1) is 21.9. The molecule has 0 radical (unpaired) electrons. The highest BCUT2D eigenvalue weighted by Gasteiger charge is 2.38. The van der Waals surface area contributed by atoms with Crippen LogP contribution in [0.2, 0.25) is 0 Å². The Labute approximate surface area is 169 Å². The van der Waals surface area contributed by atoms with Crippen molar-refractivity contribution in [3.05, 3.63) is 54.6 Å².